The number of Topliss-reactive ketones (excluding diaryl/α,β-unsaturated/α-hetero) is 1. The predicted molar refractivity (Wildman–Crippen MR) is 70.6 cm³/mol. The Morgan fingerprint density at radius 1 is 1.12 bits per heavy atom. The maximum absolute atomic E-state index is 12.0. The largest absolute Gasteiger partial charge is 0.304 e. The molecule has 0 saturated heterocycles. The molecule has 2 heteroatoms. The van der Waals surface area contributed by atoms with Crippen molar-refractivity contribution in [3.8, 4) is 0 Å². The number of carbonyl (C=O) groups is 1. The summed E-state index contributed by atoms with van der Waals surface area (Å²) in [6.45, 7) is 15.4. The van der Waals surface area contributed by atoms with Crippen LogP contribution in [0.25, 0.3) is 0 Å². The Bertz CT molecular complexity index is 233. The van der Waals surface area contributed by atoms with Crippen LogP contribution in [0.5, 0.6) is 0 Å². The van der Waals surface area contributed by atoms with Crippen molar-refractivity contribution in [2.24, 2.45) is 11.3 Å². The molecular formula is C14H29NO. The van der Waals surface area contributed by atoms with Gasteiger partial charge in [-0.3, -0.25) is 4.79 Å². The first kappa shape index (κ1) is 15.6. The van der Waals surface area contributed by atoms with Crippen molar-refractivity contribution >= 4 is 5.78 Å². The minimum absolute atomic E-state index is 0.0689. The topological polar surface area (TPSA) is 29.1 Å². The number of nitrogens with one attached hydrogen (secondary N) is 1. The smallest absolute Gasteiger partial charge is 0.152 e. The molecule has 0 bridgehead atoms. The van der Waals surface area contributed by atoms with E-state index in [1.54, 1.807) is 0 Å². The number of hydrogen-bond donors (Lipinski definition) is 1. The molecule has 0 rings (SSSR count). The van der Waals surface area contributed by atoms with Gasteiger partial charge in [0.25, 0.3) is 0 Å². The van der Waals surface area contributed by atoms with Crippen LogP contribution in [0.4, 0.5) is 0 Å². The molecule has 0 aromatic heterocycles. The van der Waals surface area contributed by atoms with Crippen molar-refractivity contribution in [1.29, 1.82) is 0 Å². The van der Waals surface area contributed by atoms with Crippen molar-refractivity contribution < 1.29 is 4.79 Å². The van der Waals surface area contributed by atoms with Crippen LogP contribution in [-0.2, 0) is 4.79 Å². The Kier molecular flexibility index (Phi) is 5.67. The number of rotatable bonds is 7. The molecule has 0 aromatic rings. The zero-order valence-corrected chi connectivity index (χ0v) is 12.1. The molecule has 1 unspecified atom stereocenters. The summed E-state index contributed by atoms with van der Waals surface area (Å²) in [5.41, 5.74) is -0.127. The SMILES string of the molecule is CCC(C)(C)C(=O)CNC(C)(CC)C(C)C. The predicted octanol–water partition coefficient (Wildman–Crippen LogP) is 3.41. The molecule has 0 aliphatic carbocycles. The average Bonchev–Trinajstić information content (AvgIpc) is 2.24. The Hall–Kier alpha value is -0.370. The van der Waals surface area contributed by atoms with E-state index in [4.69, 9.17) is 0 Å². The second-order valence-corrected chi connectivity index (χ2v) is 5.94. The summed E-state index contributed by atoms with van der Waals surface area (Å²) in [7, 11) is 0. The summed E-state index contributed by atoms with van der Waals surface area (Å²) in [6.07, 6.45) is 1.95. The molecule has 0 spiro atoms. The molecular weight excluding hydrogens is 198 g/mol. The summed E-state index contributed by atoms with van der Waals surface area (Å²) in [5, 5.41) is 3.44. The number of ketones is 1. The van der Waals surface area contributed by atoms with Crippen molar-refractivity contribution in [3.05, 3.63) is 0 Å². The first-order chi connectivity index (χ1) is 7.19. The summed E-state index contributed by atoms with van der Waals surface area (Å²) in [6, 6.07) is 0. The molecule has 1 atom stereocenters. The fourth-order valence-corrected chi connectivity index (χ4v) is 1.46. The zero-order chi connectivity index (χ0) is 13.0. The molecule has 0 saturated carbocycles. The van der Waals surface area contributed by atoms with Crippen LogP contribution in [0.3, 0.4) is 0 Å². The van der Waals surface area contributed by atoms with E-state index >= 15 is 0 Å². The molecule has 0 aromatic carbocycles. The van der Waals surface area contributed by atoms with Crippen molar-refractivity contribution in [3.63, 3.8) is 0 Å². The third kappa shape index (κ3) is 3.89. The van der Waals surface area contributed by atoms with Gasteiger partial charge in [0, 0.05) is 11.0 Å². The number of carbonyl (C=O) groups excluding carboxylic acids is 1. The molecule has 1 N–H and O–H groups in total. The minimum atomic E-state index is -0.196. The third-order valence-corrected chi connectivity index (χ3v) is 4.30. The van der Waals surface area contributed by atoms with Gasteiger partial charge in [-0.25, -0.2) is 0 Å². The van der Waals surface area contributed by atoms with Crippen LogP contribution < -0.4 is 5.32 Å². The van der Waals surface area contributed by atoms with Crippen molar-refractivity contribution in [2.75, 3.05) is 6.54 Å². The first-order valence-corrected chi connectivity index (χ1v) is 6.48. The lowest BCUT2D eigenvalue weighted by molar-refractivity contribution is -0.126. The van der Waals surface area contributed by atoms with E-state index in [1.165, 1.54) is 0 Å². The molecule has 16 heavy (non-hydrogen) atoms. The third-order valence-electron chi connectivity index (χ3n) is 4.30. The van der Waals surface area contributed by atoms with Gasteiger partial charge in [0.2, 0.25) is 0 Å². The van der Waals surface area contributed by atoms with E-state index in [-0.39, 0.29) is 11.0 Å². The van der Waals surface area contributed by atoms with Crippen LogP contribution in [-0.4, -0.2) is 17.9 Å². The molecule has 96 valence electrons. The second-order valence-electron chi connectivity index (χ2n) is 5.94. The van der Waals surface area contributed by atoms with Gasteiger partial charge in [-0.2, -0.15) is 0 Å². The lowest BCUT2D eigenvalue weighted by atomic mass is 9.83. The molecule has 2 nitrogen and oxygen atoms in total. The van der Waals surface area contributed by atoms with E-state index in [1.807, 2.05) is 13.8 Å². The van der Waals surface area contributed by atoms with Gasteiger partial charge in [-0.1, -0.05) is 41.5 Å². The fourth-order valence-electron chi connectivity index (χ4n) is 1.46. The van der Waals surface area contributed by atoms with Crippen molar-refractivity contribution in [2.45, 2.75) is 66.8 Å². The molecule has 0 fully saturated rings. The van der Waals surface area contributed by atoms with Crippen LogP contribution in [0.15, 0.2) is 0 Å². The van der Waals surface area contributed by atoms with Crippen molar-refractivity contribution in [1.82, 2.24) is 5.32 Å². The summed E-state index contributed by atoms with van der Waals surface area (Å²) < 4.78 is 0. The minimum Gasteiger partial charge on any atom is -0.304 e. The first-order valence-electron chi connectivity index (χ1n) is 6.48. The molecule has 0 aliphatic rings. The quantitative estimate of drug-likeness (QED) is 0.722. The van der Waals surface area contributed by atoms with Gasteiger partial charge >= 0.3 is 0 Å². The van der Waals surface area contributed by atoms with E-state index in [0.717, 1.165) is 12.8 Å². The summed E-state index contributed by atoms with van der Waals surface area (Å²) in [5.74, 6) is 0.852. The highest BCUT2D eigenvalue weighted by Gasteiger charge is 2.30. The van der Waals surface area contributed by atoms with Crippen LogP contribution >= 0.6 is 0 Å². The highest BCUT2D eigenvalue weighted by atomic mass is 16.1. The second kappa shape index (κ2) is 5.81. The van der Waals surface area contributed by atoms with Crippen LogP contribution in [0, 0.1) is 11.3 Å². The lowest BCUT2D eigenvalue weighted by Crippen LogP contribution is -2.50. The van der Waals surface area contributed by atoms with E-state index in [0.29, 0.717) is 18.2 Å². The molecule has 0 radical (unpaired) electrons. The molecule has 0 aliphatic heterocycles. The Balaban J connectivity index is 4.39. The molecule has 0 amide bonds. The fraction of sp³-hybridized carbons (Fsp3) is 0.929. The highest BCUT2D eigenvalue weighted by Crippen LogP contribution is 2.23. The Morgan fingerprint density at radius 3 is 1.94 bits per heavy atom. The Labute approximate surface area is 101 Å². The van der Waals surface area contributed by atoms with Gasteiger partial charge in [0.15, 0.2) is 5.78 Å². The maximum atomic E-state index is 12.0. The summed E-state index contributed by atoms with van der Waals surface area (Å²) >= 11 is 0. The Morgan fingerprint density at radius 2 is 1.62 bits per heavy atom. The van der Waals surface area contributed by atoms with Crippen LogP contribution in [0.1, 0.15) is 61.3 Å². The highest BCUT2D eigenvalue weighted by molar-refractivity contribution is 5.85. The lowest BCUT2D eigenvalue weighted by Gasteiger charge is -2.35. The maximum Gasteiger partial charge on any atom is 0.152 e. The van der Waals surface area contributed by atoms with E-state index in [2.05, 4.69) is 39.9 Å². The van der Waals surface area contributed by atoms with Crippen LogP contribution in [0.2, 0.25) is 0 Å². The summed E-state index contributed by atoms with van der Waals surface area (Å²) in [4.78, 5) is 12.0. The van der Waals surface area contributed by atoms with Gasteiger partial charge in [-0.05, 0) is 25.7 Å². The van der Waals surface area contributed by atoms with E-state index < -0.39 is 0 Å². The van der Waals surface area contributed by atoms with Gasteiger partial charge in [0.1, 0.15) is 0 Å². The average molecular weight is 227 g/mol. The standard InChI is InChI=1S/C14H29NO/c1-8-13(5,6)12(16)10-15-14(7,9-2)11(3)4/h11,15H,8-10H2,1-7H3. The van der Waals surface area contributed by atoms with Gasteiger partial charge in [0.05, 0.1) is 6.54 Å². The number of hydrogen-bond acceptors (Lipinski definition) is 2. The van der Waals surface area contributed by atoms with Gasteiger partial charge in [-0.15, -0.1) is 0 Å². The monoisotopic (exact) mass is 227 g/mol. The molecule has 0 heterocycles. The zero-order valence-electron chi connectivity index (χ0n) is 12.1. The van der Waals surface area contributed by atoms with Gasteiger partial charge < -0.3 is 5.32 Å². The normalized spacial score (nSPS) is 16.2. The van der Waals surface area contributed by atoms with E-state index in [9.17, 15) is 4.79 Å².